The molecule has 0 aromatic carbocycles. The summed E-state index contributed by atoms with van der Waals surface area (Å²) in [5.41, 5.74) is 0. The Bertz CT molecular complexity index is 361. The zero-order valence-corrected chi connectivity index (χ0v) is 9.68. The predicted octanol–water partition coefficient (Wildman–Crippen LogP) is 0.527. The van der Waals surface area contributed by atoms with Gasteiger partial charge >= 0.3 is 18.1 Å². The lowest BCUT2D eigenvalue weighted by atomic mass is 10.5. The van der Waals surface area contributed by atoms with Crippen LogP contribution in [-0.2, 0) is 29.9 Å². The van der Waals surface area contributed by atoms with E-state index in [4.69, 9.17) is 0 Å². The van der Waals surface area contributed by atoms with E-state index >= 15 is 0 Å². The molecule has 0 spiro atoms. The van der Waals surface area contributed by atoms with Gasteiger partial charge in [0.1, 0.15) is 10.7 Å². The summed E-state index contributed by atoms with van der Waals surface area (Å²) in [6, 6.07) is 0. The van der Waals surface area contributed by atoms with E-state index < -0.39 is 39.6 Å². The molecule has 5 nitrogen and oxygen atoms in total. The van der Waals surface area contributed by atoms with Crippen LogP contribution in [0.15, 0.2) is 11.0 Å². The van der Waals surface area contributed by atoms with Gasteiger partial charge in [-0.2, -0.15) is 13.2 Å². The fourth-order valence-electron chi connectivity index (χ4n) is 0.711. The number of ether oxygens (including phenoxy) is 2. The summed E-state index contributed by atoms with van der Waals surface area (Å²) in [6.07, 6.45) is -4.32. The van der Waals surface area contributed by atoms with Crippen molar-refractivity contribution in [3.8, 4) is 0 Å². The highest BCUT2D eigenvalue weighted by atomic mass is 32.2. The second-order valence-corrected chi connectivity index (χ2v) is 4.05. The summed E-state index contributed by atoms with van der Waals surface area (Å²) in [6.45, 7) is 0. The average Bonchev–Trinajstić information content (AvgIpc) is 2.21. The SMILES string of the molecule is COC(=O)/C=C(\C(=O)OC)S(=O)CC(F)(F)F. The predicted molar refractivity (Wildman–Crippen MR) is 51.2 cm³/mol. The van der Waals surface area contributed by atoms with Crippen LogP contribution in [0, 0.1) is 0 Å². The van der Waals surface area contributed by atoms with E-state index in [0.717, 1.165) is 14.2 Å². The van der Waals surface area contributed by atoms with Crippen LogP contribution >= 0.6 is 0 Å². The lowest BCUT2D eigenvalue weighted by Crippen LogP contribution is -2.23. The summed E-state index contributed by atoms with van der Waals surface area (Å²) in [4.78, 5) is 20.9. The van der Waals surface area contributed by atoms with Gasteiger partial charge in [0.15, 0.2) is 0 Å². The molecule has 0 aliphatic heterocycles. The van der Waals surface area contributed by atoms with Crippen molar-refractivity contribution in [3.05, 3.63) is 11.0 Å². The average molecular weight is 274 g/mol. The molecular weight excluding hydrogens is 265 g/mol. The second kappa shape index (κ2) is 6.38. The number of hydrogen-bond acceptors (Lipinski definition) is 5. The number of halogens is 3. The number of rotatable bonds is 4. The molecule has 0 saturated carbocycles. The van der Waals surface area contributed by atoms with Crippen LogP contribution in [0.2, 0.25) is 0 Å². The topological polar surface area (TPSA) is 69.7 Å². The Hall–Kier alpha value is -1.38. The molecule has 0 rings (SSSR count). The van der Waals surface area contributed by atoms with Gasteiger partial charge in [-0.15, -0.1) is 0 Å². The van der Waals surface area contributed by atoms with E-state index in [2.05, 4.69) is 9.47 Å². The first-order valence-corrected chi connectivity index (χ1v) is 5.36. The Morgan fingerprint density at radius 1 is 1.24 bits per heavy atom. The smallest absolute Gasteiger partial charge is 0.400 e. The normalized spacial score (nSPS) is 14.1. The second-order valence-electron chi connectivity index (χ2n) is 2.63. The van der Waals surface area contributed by atoms with Crippen LogP contribution in [0.5, 0.6) is 0 Å². The van der Waals surface area contributed by atoms with Gasteiger partial charge in [-0.05, 0) is 0 Å². The molecule has 98 valence electrons. The highest BCUT2D eigenvalue weighted by Crippen LogP contribution is 2.19. The van der Waals surface area contributed by atoms with Gasteiger partial charge in [-0.25, -0.2) is 9.59 Å². The van der Waals surface area contributed by atoms with Crippen LogP contribution in [-0.4, -0.2) is 42.3 Å². The molecule has 0 saturated heterocycles. The molecule has 0 heterocycles. The third-order valence-electron chi connectivity index (χ3n) is 1.38. The van der Waals surface area contributed by atoms with E-state index in [9.17, 15) is 27.0 Å². The minimum absolute atomic E-state index is 0.410. The van der Waals surface area contributed by atoms with E-state index in [1.165, 1.54) is 0 Å². The minimum atomic E-state index is -4.73. The number of carbonyl (C=O) groups is 2. The molecule has 0 N–H and O–H groups in total. The zero-order chi connectivity index (χ0) is 13.6. The first-order chi connectivity index (χ1) is 7.71. The van der Waals surface area contributed by atoms with Crippen LogP contribution in [0.4, 0.5) is 13.2 Å². The fraction of sp³-hybridized carbons (Fsp3) is 0.500. The summed E-state index contributed by atoms with van der Waals surface area (Å²) < 4.78 is 55.4. The molecule has 0 fully saturated rings. The number of esters is 2. The van der Waals surface area contributed by atoms with Crippen molar-refractivity contribution in [1.82, 2.24) is 0 Å². The summed E-state index contributed by atoms with van der Waals surface area (Å²) >= 11 is 0. The first kappa shape index (κ1) is 15.6. The quantitative estimate of drug-likeness (QED) is 0.552. The highest BCUT2D eigenvalue weighted by Gasteiger charge is 2.34. The molecular formula is C8H9F3O5S. The summed E-state index contributed by atoms with van der Waals surface area (Å²) in [7, 11) is -0.873. The number of alkyl halides is 3. The zero-order valence-electron chi connectivity index (χ0n) is 8.87. The van der Waals surface area contributed by atoms with Crippen LogP contribution in [0.1, 0.15) is 0 Å². The molecule has 9 heteroatoms. The minimum Gasteiger partial charge on any atom is -0.466 e. The van der Waals surface area contributed by atoms with E-state index in [-0.39, 0.29) is 0 Å². The fourth-order valence-corrected chi connectivity index (χ4v) is 1.66. The van der Waals surface area contributed by atoms with Gasteiger partial charge < -0.3 is 9.47 Å². The van der Waals surface area contributed by atoms with Gasteiger partial charge in [-0.3, -0.25) is 4.21 Å². The van der Waals surface area contributed by atoms with Gasteiger partial charge in [0.2, 0.25) is 0 Å². The van der Waals surface area contributed by atoms with Crippen molar-refractivity contribution in [1.29, 1.82) is 0 Å². The molecule has 0 aliphatic rings. The van der Waals surface area contributed by atoms with Crippen LogP contribution < -0.4 is 0 Å². The van der Waals surface area contributed by atoms with Crippen molar-refractivity contribution in [3.63, 3.8) is 0 Å². The largest absolute Gasteiger partial charge is 0.466 e. The molecule has 0 amide bonds. The third-order valence-corrected chi connectivity index (χ3v) is 2.74. The molecule has 1 unspecified atom stereocenters. The summed E-state index contributed by atoms with van der Waals surface area (Å²) in [5.74, 6) is -4.12. The molecule has 0 aliphatic carbocycles. The van der Waals surface area contributed by atoms with Crippen LogP contribution in [0.25, 0.3) is 0 Å². The standard InChI is InChI=1S/C8H9F3O5S/c1-15-6(12)3-5(7(13)16-2)17(14)4-8(9,10)11/h3H,4H2,1-2H3/b5-3+. The van der Waals surface area contributed by atoms with E-state index in [1.807, 2.05) is 0 Å². The van der Waals surface area contributed by atoms with Crippen LogP contribution in [0.3, 0.4) is 0 Å². The van der Waals surface area contributed by atoms with Gasteiger partial charge in [0, 0.05) is 6.08 Å². The lowest BCUT2D eigenvalue weighted by molar-refractivity contribution is -0.137. The maximum Gasteiger partial charge on any atom is 0.400 e. The maximum atomic E-state index is 12.0. The maximum absolute atomic E-state index is 12.0. The van der Waals surface area contributed by atoms with Gasteiger partial charge in [-0.1, -0.05) is 0 Å². The van der Waals surface area contributed by atoms with Crippen molar-refractivity contribution in [2.45, 2.75) is 6.18 Å². The molecule has 0 radical (unpaired) electrons. The molecule has 1 atom stereocenters. The van der Waals surface area contributed by atoms with Gasteiger partial charge in [0.05, 0.1) is 25.0 Å². The number of hydrogen-bond donors (Lipinski definition) is 0. The lowest BCUT2D eigenvalue weighted by Gasteiger charge is -2.07. The third kappa shape index (κ3) is 6.05. The van der Waals surface area contributed by atoms with Crippen molar-refractivity contribution >= 4 is 22.7 Å². The highest BCUT2D eigenvalue weighted by molar-refractivity contribution is 7.90. The Morgan fingerprint density at radius 2 is 1.76 bits per heavy atom. The monoisotopic (exact) mass is 274 g/mol. The Morgan fingerprint density at radius 3 is 2.12 bits per heavy atom. The Labute approximate surface area is 97.0 Å². The van der Waals surface area contributed by atoms with E-state index in [1.54, 1.807) is 0 Å². The molecule has 0 bridgehead atoms. The first-order valence-electron chi connectivity index (χ1n) is 4.04. The molecule has 17 heavy (non-hydrogen) atoms. The van der Waals surface area contributed by atoms with Crippen molar-refractivity contribution < 1.29 is 36.4 Å². The van der Waals surface area contributed by atoms with Gasteiger partial charge in [0.25, 0.3) is 0 Å². The summed E-state index contributed by atoms with van der Waals surface area (Å²) in [5, 5.41) is 0. The molecule has 0 aromatic heterocycles. The number of methoxy groups -OCH3 is 2. The Kier molecular flexibility index (Phi) is 5.86. The van der Waals surface area contributed by atoms with Crippen molar-refractivity contribution in [2.75, 3.05) is 20.0 Å². The van der Waals surface area contributed by atoms with Crippen molar-refractivity contribution in [2.24, 2.45) is 0 Å². The number of carbonyl (C=O) groups excluding carboxylic acids is 2. The Balaban J connectivity index is 5.07. The molecule has 0 aromatic rings. The van der Waals surface area contributed by atoms with E-state index in [0.29, 0.717) is 6.08 Å².